The summed E-state index contributed by atoms with van der Waals surface area (Å²) in [6.07, 6.45) is 1.92. The van der Waals surface area contributed by atoms with Crippen LogP contribution in [0.4, 0.5) is 5.69 Å². The number of aromatic nitrogens is 2. The molecule has 7 nitrogen and oxygen atoms in total. The van der Waals surface area contributed by atoms with E-state index in [-0.39, 0.29) is 18.0 Å². The number of ether oxygens (including phenoxy) is 1. The Hall–Kier alpha value is -3.61. The zero-order chi connectivity index (χ0) is 18.1. The fourth-order valence-electron chi connectivity index (χ4n) is 2.95. The molecule has 7 heteroatoms. The van der Waals surface area contributed by atoms with Gasteiger partial charge in [0, 0.05) is 22.5 Å². The molecule has 4 rings (SSSR count). The van der Waals surface area contributed by atoms with Gasteiger partial charge in [0.2, 0.25) is 5.88 Å². The summed E-state index contributed by atoms with van der Waals surface area (Å²) in [6.45, 7) is 0. The quantitative estimate of drug-likeness (QED) is 0.481. The van der Waals surface area contributed by atoms with Crippen LogP contribution in [0.15, 0.2) is 58.9 Å². The summed E-state index contributed by atoms with van der Waals surface area (Å²) in [6, 6.07) is 13.0. The number of aromatic amines is 2. The molecule has 0 saturated carbocycles. The van der Waals surface area contributed by atoms with Gasteiger partial charge in [-0.3, -0.25) is 4.79 Å². The Kier molecular flexibility index (Phi) is 3.89. The Labute approximate surface area is 148 Å². The van der Waals surface area contributed by atoms with Crippen molar-refractivity contribution in [3.05, 3.63) is 54.2 Å². The molecule has 4 aromatic rings. The number of nitrogens with one attached hydrogen (secondary N) is 2. The van der Waals surface area contributed by atoms with Crippen molar-refractivity contribution in [2.75, 3.05) is 7.11 Å². The standard InChI is InChI=1S/C19H16N4O3/c1-26-12-6-7-16-14(9-12)18(19(25)21-16)23-22-17(24)8-11-10-20-15-5-3-2-4-13(11)15/h2-7,9-10,20-21,25H,8H2,1H3. The summed E-state index contributed by atoms with van der Waals surface area (Å²) in [5.74, 6) is 0.0846. The number of amides is 1. The summed E-state index contributed by atoms with van der Waals surface area (Å²) in [5, 5.41) is 19.4. The molecule has 2 aromatic heterocycles. The number of carbonyl (C=O) groups is 1. The molecule has 3 N–H and O–H groups in total. The number of H-pyrrole nitrogens is 2. The van der Waals surface area contributed by atoms with E-state index in [0.29, 0.717) is 16.7 Å². The third-order valence-electron chi connectivity index (χ3n) is 4.24. The van der Waals surface area contributed by atoms with Crippen LogP contribution >= 0.6 is 0 Å². The molecule has 0 atom stereocenters. The first-order valence-corrected chi connectivity index (χ1v) is 8.04. The molecule has 0 aliphatic carbocycles. The van der Waals surface area contributed by atoms with Crippen molar-refractivity contribution in [2.45, 2.75) is 6.42 Å². The minimum atomic E-state index is -0.397. The van der Waals surface area contributed by atoms with Gasteiger partial charge in [0.25, 0.3) is 5.91 Å². The lowest BCUT2D eigenvalue weighted by Crippen LogP contribution is -1.96. The van der Waals surface area contributed by atoms with Gasteiger partial charge in [-0.1, -0.05) is 18.2 Å². The van der Waals surface area contributed by atoms with Gasteiger partial charge >= 0.3 is 0 Å². The van der Waals surface area contributed by atoms with E-state index in [1.807, 2.05) is 24.3 Å². The molecule has 0 fully saturated rings. The molecule has 130 valence electrons. The Balaban J connectivity index is 1.60. The molecule has 1 amide bonds. The van der Waals surface area contributed by atoms with Crippen LogP contribution in [-0.4, -0.2) is 28.1 Å². The van der Waals surface area contributed by atoms with E-state index in [9.17, 15) is 9.90 Å². The highest BCUT2D eigenvalue weighted by Gasteiger charge is 2.13. The largest absolute Gasteiger partial charge is 0.497 e. The zero-order valence-corrected chi connectivity index (χ0v) is 14.0. The SMILES string of the molecule is COc1ccc2[nH]c(O)c(N=NC(=O)Cc3c[nH]c4ccccc34)c2c1. The van der Waals surface area contributed by atoms with Crippen LogP contribution in [0.25, 0.3) is 21.8 Å². The van der Waals surface area contributed by atoms with Gasteiger partial charge in [0.05, 0.1) is 19.0 Å². The number of aromatic hydroxyl groups is 1. The van der Waals surface area contributed by atoms with Gasteiger partial charge in [-0.2, -0.15) is 0 Å². The van der Waals surface area contributed by atoms with Crippen molar-refractivity contribution in [1.82, 2.24) is 9.97 Å². The van der Waals surface area contributed by atoms with Gasteiger partial charge < -0.3 is 19.8 Å². The lowest BCUT2D eigenvalue weighted by atomic mass is 10.1. The topological polar surface area (TPSA) is 103 Å². The van der Waals surface area contributed by atoms with Gasteiger partial charge in [0.1, 0.15) is 5.75 Å². The van der Waals surface area contributed by atoms with Crippen LogP contribution < -0.4 is 4.74 Å². The zero-order valence-electron chi connectivity index (χ0n) is 14.0. The summed E-state index contributed by atoms with van der Waals surface area (Å²) in [5.41, 5.74) is 2.72. The number of fused-ring (bicyclic) bond motifs is 2. The molecule has 26 heavy (non-hydrogen) atoms. The normalized spacial score (nSPS) is 11.6. The molecule has 0 aliphatic heterocycles. The summed E-state index contributed by atoms with van der Waals surface area (Å²) >= 11 is 0. The summed E-state index contributed by atoms with van der Waals surface area (Å²) < 4.78 is 5.18. The first-order valence-electron chi connectivity index (χ1n) is 8.04. The van der Waals surface area contributed by atoms with Crippen LogP contribution in [-0.2, 0) is 11.2 Å². The van der Waals surface area contributed by atoms with Crippen LogP contribution in [0.2, 0.25) is 0 Å². The highest BCUT2D eigenvalue weighted by Crippen LogP contribution is 2.37. The van der Waals surface area contributed by atoms with E-state index in [0.717, 1.165) is 16.5 Å². The number of carbonyl (C=O) groups excluding carboxylic acids is 1. The molecule has 2 heterocycles. The smallest absolute Gasteiger partial charge is 0.269 e. The third kappa shape index (κ3) is 2.79. The third-order valence-corrected chi connectivity index (χ3v) is 4.24. The van der Waals surface area contributed by atoms with Crippen LogP contribution in [0.3, 0.4) is 0 Å². The van der Waals surface area contributed by atoms with Crippen LogP contribution in [0.5, 0.6) is 11.6 Å². The lowest BCUT2D eigenvalue weighted by Gasteiger charge is -1.98. The summed E-state index contributed by atoms with van der Waals surface area (Å²) in [7, 11) is 1.56. The van der Waals surface area contributed by atoms with Crippen LogP contribution in [0, 0.1) is 0 Å². The van der Waals surface area contributed by atoms with Crippen molar-refractivity contribution < 1.29 is 14.6 Å². The van der Waals surface area contributed by atoms with Crippen molar-refractivity contribution in [2.24, 2.45) is 10.2 Å². The molecule has 0 saturated heterocycles. The van der Waals surface area contributed by atoms with E-state index in [4.69, 9.17) is 4.74 Å². The van der Waals surface area contributed by atoms with E-state index < -0.39 is 5.91 Å². The van der Waals surface area contributed by atoms with Crippen molar-refractivity contribution in [3.63, 3.8) is 0 Å². The maximum absolute atomic E-state index is 12.2. The van der Waals surface area contributed by atoms with Crippen LogP contribution in [0.1, 0.15) is 5.56 Å². The molecule has 2 aromatic carbocycles. The van der Waals surface area contributed by atoms with Crippen molar-refractivity contribution in [3.8, 4) is 11.6 Å². The molecule has 0 unspecified atom stereocenters. The predicted molar refractivity (Wildman–Crippen MR) is 98.0 cm³/mol. The molecule has 0 spiro atoms. The van der Waals surface area contributed by atoms with E-state index in [1.165, 1.54) is 0 Å². The average Bonchev–Trinajstić information content (AvgIpc) is 3.20. The Bertz CT molecular complexity index is 1140. The number of rotatable bonds is 4. The highest BCUT2D eigenvalue weighted by atomic mass is 16.5. The van der Waals surface area contributed by atoms with Gasteiger partial charge in [-0.05, 0) is 29.8 Å². The Morgan fingerprint density at radius 1 is 1.15 bits per heavy atom. The number of azo groups is 1. The summed E-state index contributed by atoms with van der Waals surface area (Å²) in [4.78, 5) is 18.2. The maximum atomic E-state index is 12.2. The Morgan fingerprint density at radius 2 is 2.00 bits per heavy atom. The number of benzene rings is 2. The van der Waals surface area contributed by atoms with E-state index in [2.05, 4.69) is 20.2 Å². The molecule has 0 radical (unpaired) electrons. The monoisotopic (exact) mass is 348 g/mol. The Morgan fingerprint density at radius 3 is 2.85 bits per heavy atom. The average molecular weight is 348 g/mol. The second-order valence-corrected chi connectivity index (χ2v) is 5.86. The predicted octanol–water partition coefficient (Wildman–Crippen LogP) is 4.22. The minimum absolute atomic E-state index is 0.125. The highest BCUT2D eigenvalue weighted by molar-refractivity contribution is 5.95. The number of hydrogen-bond acceptors (Lipinski definition) is 4. The fraction of sp³-hybridized carbons (Fsp3) is 0.105. The molecule has 0 aliphatic rings. The lowest BCUT2D eigenvalue weighted by molar-refractivity contribution is -0.117. The minimum Gasteiger partial charge on any atom is -0.497 e. The van der Waals surface area contributed by atoms with Gasteiger partial charge in [0.15, 0.2) is 5.69 Å². The molecular weight excluding hydrogens is 332 g/mol. The first kappa shape index (κ1) is 15.9. The van der Waals surface area contributed by atoms with Crippen molar-refractivity contribution in [1.29, 1.82) is 0 Å². The fourth-order valence-corrected chi connectivity index (χ4v) is 2.95. The number of hydrogen-bond donors (Lipinski definition) is 3. The number of methoxy groups -OCH3 is 1. The first-order chi connectivity index (χ1) is 12.7. The second-order valence-electron chi connectivity index (χ2n) is 5.86. The van der Waals surface area contributed by atoms with E-state index in [1.54, 1.807) is 31.5 Å². The molecular formula is C19H16N4O3. The second kappa shape index (κ2) is 6.36. The van der Waals surface area contributed by atoms with Crippen molar-refractivity contribution >= 4 is 33.4 Å². The number of nitrogens with zero attached hydrogens (tertiary/aromatic N) is 2. The number of para-hydroxylation sites is 1. The van der Waals surface area contributed by atoms with Gasteiger partial charge in [-0.15, -0.1) is 10.2 Å². The molecule has 0 bridgehead atoms. The maximum Gasteiger partial charge on any atom is 0.269 e. The van der Waals surface area contributed by atoms with E-state index >= 15 is 0 Å². The van der Waals surface area contributed by atoms with Gasteiger partial charge in [-0.25, -0.2) is 0 Å².